The van der Waals surface area contributed by atoms with Gasteiger partial charge in [0, 0.05) is 36.5 Å². The predicted octanol–water partition coefficient (Wildman–Crippen LogP) is -0.444. The van der Waals surface area contributed by atoms with E-state index in [1.165, 1.54) is 10.4 Å². The second-order valence-electron chi connectivity index (χ2n) is 3.30. The number of hydrogen-bond acceptors (Lipinski definition) is 4. The Morgan fingerprint density at radius 3 is 2.81 bits per heavy atom. The fourth-order valence-electron chi connectivity index (χ4n) is 1.43. The molecule has 1 aromatic carbocycles. The van der Waals surface area contributed by atoms with Gasteiger partial charge in [0.25, 0.3) is 0 Å². The number of hydrazine groups is 2. The van der Waals surface area contributed by atoms with Crippen LogP contribution < -0.4 is 21.3 Å². The smallest absolute Gasteiger partial charge is 0.0606 e. The fraction of sp³-hybridized carbons (Fsp3) is 0.273. The molecule has 1 aromatic rings. The van der Waals surface area contributed by atoms with Crippen LogP contribution >= 0.6 is 12.4 Å². The molecular weight excluding hydrogens is 226 g/mol. The molecule has 1 aliphatic rings. The summed E-state index contributed by atoms with van der Waals surface area (Å²) in [5.74, 6) is 0. The van der Waals surface area contributed by atoms with E-state index in [1.807, 2.05) is 29.7 Å². The molecule has 88 valence electrons. The summed E-state index contributed by atoms with van der Waals surface area (Å²) in [5, 5.41) is 4.23. The second-order valence-corrected chi connectivity index (χ2v) is 3.30. The average molecular weight is 242 g/mol. The van der Waals surface area contributed by atoms with Crippen LogP contribution in [0.15, 0.2) is 24.3 Å². The van der Waals surface area contributed by atoms with E-state index in [-0.39, 0.29) is 12.4 Å². The third-order valence-electron chi connectivity index (χ3n) is 2.21. The molecule has 0 bridgehead atoms. The third-order valence-corrected chi connectivity index (χ3v) is 2.21. The highest BCUT2D eigenvalue weighted by atomic mass is 35.5. The largest absolute Gasteiger partial charge is 0.383 e. The zero-order valence-electron chi connectivity index (χ0n) is 9.14. The van der Waals surface area contributed by atoms with Crippen molar-refractivity contribution in [2.75, 3.05) is 20.3 Å². The lowest BCUT2D eigenvalue weighted by Gasteiger charge is -2.23. The molecule has 1 heterocycles. The van der Waals surface area contributed by atoms with Gasteiger partial charge in [-0.2, -0.15) is 0 Å². The van der Waals surface area contributed by atoms with Crippen molar-refractivity contribution in [1.82, 2.24) is 16.0 Å². The molecule has 0 aromatic heterocycles. The first-order chi connectivity index (χ1) is 7.40. The van der Waals surface area contributed by atoms with Crippen LogP contribution in [0.5, 0.6) is 0 Å². The fourth-order valence-corrected chi connectivity index (χ4v) is 1.43. The highest BCUT2D eigenvalue weighted by molar-refractivity contribution is 5.85. The van der Waals surface area contributed by atoms with E-state index in [2.05, 4.69) is 23.0 Å². The van der Waals surface area contributed by atoms with Crippen molar-refractivity contribution in [3.05, 3.63) is 34.7 Å². The molecule has 0 amide bonds. The van der Waals surface area contributed by atoms with Gasteiger partial charge < -0.3 is 4.74 Å². The topological polar surface area (TPSA) is 36.5 Å². The van der Waals surface area contributed by atoms with Gasteiger partial charge in [-0.15, -0.1) is 12.4 Å². The molecule has 1 aliphatic heterocycles. The number of ether oxygens (including phenoxy) is 1. The lowest BCUT2D eigenvalue weighted by molar-refractivity contribution is 0.164. The van der Waals surface area contributed by atoms with Crippen LogP contribution in [0.25, 0.3) is 12.4 Å². The van der Waals surface area contributed by atoms with Gasteiger partial charge in [-0.05, 0) is 0 Å². The van der Waals surface area contributed by atoms with E-state index in [0.29, 0.717) is 6.61 Å². The van der Waals surface area contributed by atoms with Crippen LogP contribution in [-0.2, 0) is 4.74 Å². The van der Waals surface area contributed by atoms with Crippen LogP contribution in [-0.4, -0.2) is 25.4 Å². The first-order valence-corrected chi connectivity index (χ1v) is 4.95. The van der Waals surface area contributed by atoms with Crippen LogP contribution in [0.4, 0.5) is 0 Å². The van der Waals surface area contributed by atoms with E-state index in [9.17, 15) is 0 Å². The lowest BCUT2D eigenvalue weighted by atomic mass is 10.2. The summed E-state index contributed by atoms with van der Waals surface area (Å²) in [4.78, 5) is 0. The van der Waals surface area contributed by atoms with Crippen molar-refractivity contribution in [3.8, 4) is 0 Å². The maximum absolute atomic E-state index is 4.96. The molecule has 0 atom stereocenters. The standard InChI is InChI=1S/C11H15N3O.ClH/c1-15-7-6-12-14-9-11-5-3-2-4-10(11)8-13-14;/h2-5,8-9,12-13H,6-7H2,1H3;1H. The quantitative estimate of drug-likeness (QED) is 0.701. The minimum atomic E-state index is 0. The zero-order valence-corrected chi connectivity index (χ0v) is 9.96. The summed E-state index contributed by atoms with van der Waals surface area (Å²) in [6, 6.07) is 8.21. The molecule has 2 N–H and O–H groups in total. The normalized spacial score (nSPS) is 12.7. The number of rotatable bonds is 4. The van der Waals surface area contributed by atoms with Gasteiger partial charge in [0.2, 0.25) is 0 Å². The molecule has 0 saturated carbocycles. The Kier molecular flexibility index (Phi) is 5.11. The van der Waals surface area contributed by atoms with Crippen LogP contribution in [0.1, 0.15) is 0 Å². The first kappa shape index (κ1) is 12.8. The van der Waals surface area contributed by atoms with Gasteiger partial charge in [-0.1, -0.05) is 24.3 Å². The predicted molar refractivity (Wildman–Crippen MR) is 66.7 cm³/mol. The number of hydrogen-bond donors (Lipinski definition) is 2. The highest BCUT2D eigenvalue weighted by Crippen LogP contribution is 1.82. The molecule has 0 fully saturated rings. The molecule has 0 unspecified atom stereocenters. The molecule has 0 saturated heterocycles. The van der Waals surface area contributed by atoms with E-state index in [1.54, 1.807) is 7.11 Å². The Balaban J connectivity index is 0.00000128. The number of nitrogens with one attached hydrogen (secondary N) is 2. The van der Waals surface area contributed by atoms with Crippen LogP contribution in [0.2, 0.25) is 0 Å². The Morgan fingerprint density at radius 2 is 2.06 bits per heavy atom. The van der Waals surface area contributed by atoms with Gasteiger partial charge >= 0.3 is 0 Å². The monoisotopic (exact) mass is 241 g/mol. The van der Waals surface area contributed by atoms with Crippen LogP contribution in [0.3, 0.4) is 0 Å². The second kappa shape index (κ2) is 6.37. The Morgan fingerprint density at radius 1 is 1.31 bits per heavy atom. The lowest BCUT2D eigenvalue weighted by Crippen LogP contribution is -2.49. The summed E-state index contributed by atoms with van der Waals surface area (Å²) >= 11 is 0. The summed E-state index contributed by atoms with van der Waals surface area (Å²) in [5.41, 5.74) is 6.29. The van der Waals surface area contributed by atoms with E-state index >= 15 is 0 Å². The van der Waals surface area contributed by atoms with Gasteiger partial charge in [-0.25, -0.2) is 10.5 Å². The number of fused-ring (bicyclic) bond motifs is 1. The van der Waals surface area contributed by atoms with E-state index < -0.39 is 0 Å². The van der Waals surface area contributed by atoms with Crippen molar-refractivity contribution in [1.29, 1.82) is 0 Å². The van der Waals surface area contributed by atoms with Crippen molar-refractivity contribution < 1.29 is 4.74 Å². The number of methoxy groups -OCH3 is 1. The molecule has 0 spiro atoms. The van der Waals surface area contributed by atoms with E-state index in [4.69, 9.17) is 4.74 Å². The number of benzene rings is 1. The van der Waals surface area contributed by atoms with Crippen molar-refractivity contribution in [3.63, 3.8) is 0 Å². The van der Waals surface area contributed by atoms with Gasteiger partial charge in [0.1, 0.15) is 0 Å². The summed E-state index contributed by atoms with van der Waals surface area (Å²) in [6.45, 7) is 1.46. The van der Waals surface area contributed by atoms with Gasteiger partial charge in [0.05, 0.1) is 6.61 Å². The Labute approximate surface area is 101 Å². The Hall–Kier alpha value is -1.23. The number of nitrogens with zero attached hydrogens (tertiary/aromatic N) is 1. The molecule has 16 heavy (non-hydrogen) atoms. The maximum Gasteiger partial charge on any atom is 0.0606 e. The molecule has 2 rings (SSSR count). The summed E-state index contributed by atoms with van der Waals surface area (Å²) in [6.07, 6.45) is 3.99. The van der Waals surface area contributed by atoms with E-state index in [0.717, 1.165) is 6.54 Å². The minimum Gasteiger partial charge on any atom is -0.383 e. The molecule has 0 radical (unpaired) electrons. The highest BCUT2D eigenvalue weighted by Gasteiger charge is 1.99. The number of halogens is 1. The van der Waals surface area contributed by atoms with Gasteiger partial charge in [-0.3, -0.25) is 5.43 Å². The van der Waals surface area contributed by atoms with Crippen molar-refractivity contribution >= 4 is 24.8 Å². The third kappa shape index (κ3) is 3.13. The SMILES string of the molecule is COCCNN1C=c2ccccc2=CN1.Cl. The molecule has 4 nitrogen and oxygen atoms in total. The first-order valence-electron chi connectivity index (χ1n) is 4.95. The van der Waals surface area contributed by atoms with Gasteiger partial charge in [0.15, 0.2) is 0 Å². The Bertz CT molecular complexity index is 435. The minimum absolute atomic E-state index is 0. The zero-order chi connectivity index (χ0) is 10.5. The maximum atomic E-state index is 4.96. The van der Waals surface area contributed by atoms with Crippen LogP contribution in [0, 0.1) is 0 Å². The molecular formula is C11H16ClN3O. The average Bonchev–Trinajstić information content (AvgIpc) is 2.29. The molecule has 5 heteroatoms. The molecule has 0 aliphatic carbocycles. The summed E-state index contributed by atoms with van der Waals surface area (Å²) < 4.78 is 4.96. The summed E-state index contributed by atoms with van der Waals surface area (Å²) in [7, 11) is 1.69. The van der Waals surface area contributed by atoms with Crippen molar-refractivity contribution in [2.24, 2.45) is 0 Å². The van der Waals surface area contributed by atoms with Crippen molar-refractivity contribution in [2.45, 2.75) is 0 Å².